The molecule has 0 spiro atoms. The predicted octanol–water partition coefficient (Wildman–Crippen LogP) is 3.89. The van der Waals surface area contributed by atoms with Gasteiger partial charge in [-0.3, -0.25) is 9.59 Å². The Bertz CT molecular complexity index is 895. The van der Waals surface area contributed by atoms with Gasteiger partial charge in [0.15, 0.2) is 11.5 Å². The van der Waals surface area contributed by atoms with Crippen LogP contribution < -0.4 is 14.8 Å². The van der Waals surface area contributed by atoms with Crippen molar-refractivity contribution < 1.29 is 19.1 Å². The summed E-state index contributed by atoms with van der Waals surface area (Å²) in [4.78, 5) is 26.4. The maximum absolute atomic E-state index is 13.0. The highest BCUT2D eigenvalue weighted by molar-refractivity contribution is 5.94. The van der Waals surface area contributed by atoms with Crippen molar-refractivity contribution in [1.82, 2.24) is 10.2 Å². The summed E-state index contributed by atoms with van der Waals surface area (Å²) in [6.45, 7) is 1.85. The fraction of sp³-hybridized carbons (Fsp3) is 0.417. The first kappa shape index (κ1) is 21.7. The van der Waals surface area contributed by atoms with E-state index in [9.17, 15) is 9.59 Å². The molecule has 2 atom stereocenters. The molecule has 30 heavy (non-hydrogen) atoms. The van der Waals surface area contributed by atoms with E-state index in [2.05, 4.69) is 5.32 Å². The molecular formula is C24H30N2O4. The number of carbonyl (C=O) groups excluding carboxylic acids is 2. The highest BCUT2D eigenvalue weighted by atomic mass is 16.5. The van der Waals surface area contributed by atoms with E-state index in [0.29, 0.717) is 23.5 Å². The van der Waals surface area contributed by atoms with Crippen LogP contribution in [-0.4, -0.2) is 50.1 Å². The molecule has 1 aliphatic rings. The number of hydrogen-bond donors (Lipinski definition) is 1. The molecule has 0 bridgehead atoms. The second kappa shape index (κ2) is 9.65. The molecule has 1 saturated carbocycles. The number of amides is 2. The third kappa shape index (κ3) is 4.75. The Kier molecular flexibility index (Phi) is 6.98. The van der Waals surface area contributed by atoms with E-state index in [1.54, 1.807) is 14.2 Å². The normalized spacial score (nSPS) is 18.0. The molecule has 3 rings (SSSR count). The lowest BCUT2D eigenvalue weighted by molar-refractivity contribution is -0.121. The van der Waals surface area contributed by atoms with Crippen molar-refractivity contribution in [2.45, 2.75) is 44.7 Å². The molecule has 1 aliphatic carbocycles. The quantitative estimate of drug-likeness (QED) is 0.752. The number of ether oxygens (including phenoxy) is 2. The summed E-state index contributed by atoms with van der Waals surface area (Å²) >= 11 is 0. The molecule has 0 aliphatic heterocycles. The van der Waals surface area contributed by atoms with Gasteiger partial charge in [-0.2, -0.15) is 0 Å². The van der Waals surface area contributed by atoms with Crippen molar-refractivity contribution in [3.63, 3.8) is 0 Å². The Labute approximate surface area is 178 Å². The van der Waals surface area contributed by atoms with Crippen LogP contribution >= 0.6 is 0 Å². The van der Waals surface area contributed by atoms with Crippen LogP contribution in [0.15, 0.2) is 42.5 Å². The molecular weight excluding hydrogens is 380 g/mol. The summed E-state index contributed by atoms with van der Waals surface area (Å²) in [7, 11) is 5.07. The molecule has 2 unspecified atom stereocenters. The summed E-state index contributed by atoms with van der Waals surface area (Å²) in [5.74, 6) is 1.42. The monoisotopic (exact) mass is 410 g/mol. The first-order chi connectivity index (χ1) is 14.5. The molecule has 0 radical (unpaired) electrons. The third-order valence-corrected chi connectivity index (χ3v) is 5.81. The van der Waals surface area contributed by atoms with Gasteiger partial charge >= 0.3 is 0 Å². The molecule has 6 heteroatoms. The van der Waals surface area contributed by atoms with Gasteiger partial charge in [0.25, 0.3) is 5.91 Å². The van der Waals surface area contributed by atoms with E-state index >= 15 is 0 Å². The number of carbonyl (C=O) groups is 2. The zero-order valence-corrected chi connectivity index (χ0v) is 18.1. The first-order valence-corrected chi connectivity index (χ1v) is 10.4. The third-order valence-electron chi connectivity index (χ3n) is 5.81. The minimum Gasteiger partial charge on any atom is -0.493 e. The van der Waals surface area contributed by atoms with Gasteiger partial charge in [-0.1, -0.05) is 25.1 Å². The fourth-order valence-corrected chi connectivity index (χ4v) is 3.96. The van der Waals surface area contributed by atoms with E-state index in [-0.39, 0.29) is 23.9 Å². The average Bonchev–Trinajstić information content (AvgIpc) is 3.25. The fourth-order valence-electron chi connectivity index (χ4n) is 3.96. The van der Waals surface area contributed by atoms with E-state index in [1.165, 1.54) is 0 Å². The predicted molar refractivity (Wildman–Crippen MR) is 117 cm³/mol. The second-order valence-electron chi connectivity index (χ2n) is 7.65. The van der Waals surface area contributed by atoms with Crippen LogP contribution in [0, 0.1) is 0 Å². The molecule has 2 aromatic carbocycles. The van der Waals surface area contributed by atoms with Crippen LogP contribution in [0.4, 0.5) is 0 Å². The van der Waals surface area contributed by atoms with Gasteiger partial charge in [0, 0.05) is 31.1 Å². The number of methoxy groups -OCH3 is 2. The summed E-state index contributed by atoms with van der Waals surface area (Å²) in [5, 5.41) is 3.04. The van der Waals surface area contributed by atoms with Crippen LogP contribution in [0.3, 0.4) is 0 Å². The summed E-state index contributed by atoms with van der Waals surface area (Å²) in [6, 6.07) is 13.7. The Morgan fingerprint density at radius 3 is 2.30 bits per heavy atom. The molecule has 1 N–H and O–H groups in total. The highest BCUT2D eigenvalue weighted by Crippen LogP contribution is 2.32. The Balaban J connectivity index is 1.67. The summed E-state index contributed by atoms with van der Waals surface area (Å²) in [5.41, 5.74) is 2.64. The summed E-state index contributed by atoms with van der Waals surface area (Å²) < 4.78 is 10.7. The van der Waals surface area contributed by atoms with Gasteiger partial charge in [0.05, 0.1) is 14.2 Å². The number of nitrogens with zero attached hydrogens (tertiary/aromatic N) is 1. The van der Waals surface area contributed by atoms with Crippen molar-refractivity contribution in [2.24, 2.45) is 0 Å². The van der Waals surface area contributed by atoms with Crippen molar-refractivity contribution in [3.8, 4) is 22.6 Å². The van der Waals surface area contributed by atoms with E-state index in [4.69, 9.17) is 9.47 Å². The smallest absolute Gasteiger partial charge is 0.253 e. The number of nitrogens with one attached hydrogen (secondary N) is 1. The molecule has 0 saturated heterocycles. The molecule has 0 aromatic heterocycles. The average molecular weight is 411 g/mol. The lowest BCUT2D eigenvalue weighted by Crippen LogP contribution is -2.38. The van der Waals surface area contributed by atoms with Crippen molar-refractivity contribution >= 4 is 11.8 Å². The molecule has 2 amide bonds. The summed E-state index contributed by atoms with van der Waals surface area (Å²) in [6.07, 6.45) is 3.10. The van der Waals surface area contributed by atoms with Gasteiger partial charge in [-0.05, 0) is 54.7 Å². The van der Waals surface area contributed by atoms with Crippen LogP contribution in [0.2, 0.25) is 0 Å². The Hall–Kier alpha value is -3.02. The molecule has 1 fully saturated rings. The lowest BCUT2D eigenvalue weighted by Gasteiger charge is -2.25. The topological polar surface area (TPSA) is 67.9 Å². The standard InChI is InChI=1S/C24H30N2O4/c1-5-23(27)25-19-11-12-20(15-19)26(2)24(28)17-8-6-16(7-9-17)18-10-13-21(29-3)22(14-18)30-4/h6-10,13-14,19-20H,5,11-12,15H2,1-4H3,(H,25,27). The van der Waals surface area contributed by atoms with Crippen LogP contribution in [0.5, 0.6) is 11.5 Å². The molecule has 6 nitrogen and oxygen atoms in total. The zero-order chi connectivity index (χ0) is 21.7. The van der Waals surface area contributed by atoms with Gasteiger partial charge in [0.2, 0.25) is 5.91 Å². The zero-order valence-electron chi connectivity index (χ0n) is 18.1. The van der Waals surface area contributed by atoms with Gasteiger partial charge < -0.3 is 19.7 Å². The van der Waals surface area contributed by atoms with Gasteiger partial charge in [-0.15, -0.1) is 0 Å². The molecule has 2 aromatic rings. The Morgan fingerprint density at radius 2 is 1.67 bits per heavy atom. The SMILES string of the molecule is CCC(=O)NC1CCC(N(C)C(=O)c2ccc(-c3ccc(OC)c(OC)c3)cc2)C1. The van der Waals surface area contributed by atoms with Crippen LogP contribution in [0.25, 0.3) is 11.1 Å². The minimum absolute atomic E-state index is 0.00123. The van der Waals surface area contributed by atoms with Crippen molar-refractivity contribution in [3.05, 3.63) is 48.0 Å². The van der Waals surface area contributed by atoms with E-state index in [0.717, 1.165) is 30.4 Å². The largest absolute Gasteiger partial charge is 0.493 e. The van der Waals surface area contributed by atoms with Crippen molar-refractivity contribution in [2.75, 3.05) is 21.3 Å². The lowest BCUT2D eigenvalue weighted by atomic mass is 10.0. The first-order valence-electron chi connectivity index (χ1n) is 10.4. The number of rotatable bonds is 7. The van der Waals surface area contributed by atoms with Gasteiger partial charge in [-0.25, -0.2) is 0 Å². The number of hydrogen-bond acceptors (Lipinski definition) is 4. The van der Waals surface area contributed by atoms with Gasteiger partial charge in [0.1, 0.15) is 0 Å². The minimum atomic E-state index is 0.00123. The van der Waals surface area contributed by atoms with Crippen LogP contribution in [-0.2, 0) is 4.79 Å². The van der Waals surface area contributed by atoms with E-state index < -0.39 is 0 Å². The van der Waals surface area contributed by atoms with Crippen molar-refractivity contribution in [1.29, 1.82) is 0 Å². The maximum atomic E-state index is 13.0. The Morgan fingerprint density at radius 1 is 1.00 bits per heavy atom. The highest BCUT2D eigenvalue weighted by Gasteiger charge is 2.30. The number of benzene rings is 2. The van der Waals surface area contributed by atoms with E-state index in [1.807, 2.05) is 61.3 Å². The molecule has 160 valence electrons. The maximum Gasteiger partial charge on any atom is 0.253 e. The second-order valence-corrected chi connectivity index (χ2v) is 7.65. The molecule has 0 heterocycles. The van der Waals surface area contributed by atoms with Crippen LogP contribution in [0.1, 0.15) is 43.0 Å².